The molecule has 0 bridgehead atoms. The van der Waals surface area contributed by atoms with Crippen LogP contribution in [-0.2, 0) is 11.3 Å². The normalized spacial score (nSPS) is 15.3. The fourth-order valence-electron chi connectivity index (χ4n) is 3.57. The Balaban J connectivity index is 1.24. The lowest BCUT2D eigenvalue weighted by molar-refractivity contribution is -0.117. The molecule has 1 fully saturated rings. The Hall–Kier alpha value is -2.54. The quantitative estimate of drug-likeness (QED) is 0.675. The van der Waals surface area contributed by atoms with Gasteiger partial charge in [0, 0.05) is 43.7 Å². The Kier molecular flexibility index (Phi) is 6.34. The lowest BCUT2D eigenvalue weighted by Crippen LogP contribution is -2.48. The molecule has 2 aromatic carbocycles. The molecule has 4 rings (SSSR count). The van der Waals surface area contributed by atoms with Crippen LogP contribution in [-0.4, -0.2) is 53.4 Å². The minimum atomic E-state index is 0.00585. The van der Waals surface area contributed by atoms with E-state index in [1.807, 2.05) is 35.7 Å². The monoisotopic (exact) mass is 406 g/mol. The van der Waals surface area contributed by atoms with Crippen molar-refractivity contribution in [2.75, 3.05) is 38.0 Å². The zero-order valence-corrected chi connectivity index (χ0v) is 17.5. The fourth-order valence-corrected chi connectivity index (χ4v) is 4.30. The molecule has 1 N–H and O–H groups in total. The molecule has 1 aliphatic heterocycles. The maximum atomic E-state index is 12.4. The molecule has 2 heterocycles. The molecule has 29 heavy (non-hydrogen) atoms. The number of nitrogens with one attached hydrogen (secondary N) is 1. The molecule has 0 saturated carbocycles. The van der Waals surface area contributed by atoms with E-state index in [1.54, 1.807) is 0 Å². The summed E-state index contributed by atoms with van der Waals surface area (Å²) in [7, 11) is 0. The second kappa shape index (κ2) is 9.31. The van der Waals surface area contributed by atoms with Crippen LogP contribution in [0, 0.1) is 6.92 Å². The molecule has 1 saturated heterocycles. The maximum absolute atomic E-state index is 12.4. The van der Waals surface area contributed by atoms with Crippen molar-refractivity contribution in [1.29, 1.82) is 0 Å². The van der Waals surface area contributed by atoms with Gasteiger partial charge in [0.05, 0.1) is 12.2 Å². The van der Waals surface area contributed by atoms with Crippen molar-refractivity contribution in [3.63, 3.8) is 0 Å². The summed E-state index contributed by atoms with van der Waals surface area (Å²) in [5.41, 5.74) is 4.69. The van der Waals surface area contributed by atoms with Crippen molar-refractivity contribution >= 4 is 22.4 Å². The third-order valence-corrected chi connectivity index (χ3v) is 6.07. The van der Waals surface area contributed by atoms with Gasteiger partial charge in [-0.1, -0.05) is 54.6 Å². The van der Waals surface area contributed by atoms with E-state index >= 15 is 0 Å². The summed E-state index contributed by atoms with van der Waals surface area (Å²) >= 11 is 1.47. The van der Waals surface area contributed by atoms with Crippen molar-refractivity contribution in [3.8, 4) is 11.3 Å². The number of aryl methyl sites for hydroxylation is 1. The minimum Gasteiger partial charge on any atom is -0.301 e. The number of rotatable bonds is 6. The van der Waals surface area contributed by atoms with E-state index in [0.717, 1.165) is 44.0 Å². The van der Waals surface area contributed by atoms with Gasteiger partial charge in [0.25, 0.3) is 0 Å². The highest BCUT2D eigenvalue weighted by Crippen LogP contribution is 2.24. The Morgan fingerprint density at radius 2 is 1.69 bits per heavy atom. The van der Waals surface area contributed by atoms with Gasteiger partial charge < -0.3 is 5.32 Å². The predicted octanol–water partition coefficient (Wildman–Crippen LogP) is 3.87. The summed E-state index contributed by atoms with van der Waals surface area (Å²) in [6, 6.07) is 18.6. The second-order valence-electron chi connectivity index (χ2n) is 7.43. The van der Waals surface area contributed by atoms with Gasteiger partial charge >= 0.3 is 0 Å². The van der Waals surface area contributed by atoms with Crippen LogP contribution in [0.4, 0.5) is 5.13 Å². The zero-order chi connectivity index (χ0) is 20.1. The third kappa shape index (κ3) is 5.29. The Morgan fingerprint density at radius 3 is 2.45 bits per heavy atom. The van der Waals surface area contributed by atoms with E-state index in [4.69, 9.17) is 0 Å². The van der Waals surface area contributed by atoms with Crippen LogP contribution in [0.25, 0.3) is 11.3 Å². The van der Waals surface area contributed by atoms with E-state index in [2.05, 4.69) is 51.3 Å². The first-order valence-corrected chi connectivity index (χ1v) is 10.9. The number of carbonyl (C=O) groups excluding carboxylic acids is 1. The summed E-state index contributed by atoms with van der Waals surface area (Å²) in [5.74, 6) is 0.00585. The number of hydrogen-bond acceptors (Lipinski definition) is 5. The molecular weight excluding hydrogens is 380 g/mol. The van der Waals surface area contributed by atoms with Gasteiger partial charge in [-0.3, -0.25) is 14.6 Å². The highest BCUT2D eigenvalue weighted by molar-refractivity contribution is 7.14. The summed E-state index contributed by atoms with van der Waals surface area (Å²) in [4.78, 5) is 21.7. The highest BCUT2D eigenvalue weighted by atomic mass is 32.1. The topological polar surface area (TPSA) is 48.5 Å². The van der Waals surface area contributed by atoms with Crippen LogP contribution >= 0.6 is 11.3 Å². The number of aromatic nitrogens is 1. The van der Waals surface area contributed by atoms with E-state index in [0.29, 0.717) is 11.7 Å². The van der Waals surface area contributed by atoms with E-state index in [9.17, 15) is 4.79 Å². The molecule has 1 aromatic heterocycles. The number of hydrogen-bond donors (Lipinski definition) is 1. The van der Waals surface area contributed by atoms with Gasteiger partial charge in [0.15, 0.2) is 5.13 Å². The molecule has 5 nitrogen and oxygen atoms in total. The minimum absolute atomic E-state index is 0.00585. The van der Waals surface area contributed by atoms with Gasteiger partial charge in [-0.15, -0.1) is 11.3 Å². The first-order valence-electron chi connectivity index (χ1n) is 9.97. The largest absolute Gasteiger partial charge is 0.301 e. The van der Waals surface area contributed by atoms with E-state index in [-0.39, 0.29) is 5.91 Å². The van der Waals surface area contributed by atoms with Crippen molar-refractivity contribution in [3.05, 3.63) is 71.1 Å². The van der Waals surface area contributed by atoms with Crippen LogP contribution in [0.3, 0.4) is 0 Å². The second-order valence-corrected chi connectivity index (χ2v) is 8.29. The van der Waals surface area contributed by atoms with Crippen molar-refractivity contribution in [2.24, 2.45) is 0 Å². The molecule has 3 aromatic rings. The van der Waals surface area contributed by atoms with Crippen LogP contribution in [0.5, 0.6) is 0 Å². The molecule has 0 radical (unpaired) electrons. The Labute approximate surface area is 176 Å². The number of carbonyl (C=O) groups is 1. The SMILES string of the molecule is Cc1ccccc1CN1CCN(CC(=O)Nc2nc(-c3ccccc3)cs2)CC1. The summed E-state index contributed by atoms with van der Waals surface area (Å²) in [6.07, 6.45) is 0. The lowest BCUT2D eigenvalue weighted by atomic mass is 10.1. The maximum Gasteiger partial charge on any atom is 0.240 e. The lowest BCUT2D eigenvalue weighted by Gasteiger charge is -2.34. The number of anilines is 1. The molecule has 0 aliphatic carbocycles. The van der Waals surface area contributed by atoms with Crippen LogP contribution in [0.15, 0.2) is 60.0 Å². The van der Waals surface area contributed by atoms with E-state index in [1.165, 1.54) is 22.5 Å². The molecule has 1 amide bonds. The summed E-state index contributed by atoms with van der Waals surface area (Å²) in [6.45, 7) is 7.34. The number of thiazole rings is 1. The number of amides is 1. The third-order valence-electron chi connectivity index (χ3n) is 5.31. The van der Waals surface area contributed by atoms with Crippen molar-refractivity contribution in [1.82, 2.24) is 14.8 Å². The van der Waals surface area contributed by atoms with Gasteiger partial charge in [0.1, 0.15) is 0 Å². The Morgan fingerprint density at radius 1 is 1.00 bits per heavy atom. The number of nitrogens with zero attached hydrogens (tertiary/aromatic N) is 3. The molecule has 1 aliphatic rings. The van der Waals surface area contributed by atoms with Crippen LogP contribution < -0.4 is 5.32 Å². The van der Waals surface area contributed by atoms with Crippen LogP contribution in [0.2, 0.25) is 0 Å². The van der Waals surface area contributed by atoms with Crippen LogP contribution in [0.1, 0.15) is 11.1 Å². The van der Waals surface area contributed by atoms with Crippen molar-refractivity contribution in [2.45, 2.75) is 13.5 Å². The number of piperazine rings is 1. The van der Waals surface area contributed by atoms with Gasteiger partial charge in [-0.2, -0.15) is 0 Å². The molecular formula is C23H26N4OS. The van der Waals surface area contributed by atoms with Gasteiger partial charge in [-0.25, -0.2) is 4.98 Å². The molecule has 0 spiro atoms. The molecule has 150 valence electrons. The standard InChI is InChI=1S/C23H26N4OS/c1-18-7-5-6-10-20(18)15-26-11-13-27(14-12-26)16-22(28)25-23-24-21(17-29-23)19-8-3-2-4-9-19/h2-10,17H,11-16H2,1H3,(H,24,25,28). The molecule has 6 heteroatoms. The average molecular weight is 407 g/mol. The van der Waals surface area contributed by atoms with Crippen molar-refractivity contribution < 1.29 is 4.79 Å². The summed E-state index contributed by atoms with van der Waals surface area (Å²) < 4.78 is 0. The zero-order valence-electron chi connectivity index (χ0n) is 16.7. The smallest absolute Gasteiger partial charge is 0.240 e. The predicted molar refractivity (Wildman–Crippen MR) is 119 cm³/mol. The summed E-state index contributed by atoms with van der Waals surface area (Å²) in [5, 5.41) is 5.59. The first kappa shape index (κ1) is 19.8. The van der Waals surface area contributed by atoms with E-state index < -0.39 is 0 Å². The molecule has 0 unspecified atom stereocenters. The Bertz CT molecular complexity index is 948. The first-order chi connectivity index (χ1) is 14.2. The fraction of sp³-hybridized carbons (Fsp3) is 0.304. The average Bonchev–Trinajstić information content (AvgIpc) is 3.20. The molecule has 0 atom stereocenters. The number of benzene rings is 2. The van der Waals surface area contributed by atoms with Gasteiger partial charge in [-0.05, 0) is 18.1 Å². The van der Waals surface area contributed by atoms with Gasteiger partial charge in [0.2, 0.25) is 5.91 Å². The highest BCUT2D eigenvalue weighted by Gasteiger charge is 2.20.